The molecule has 100 valence electrons. The molecule has 1 fully saturated rings. The van der Waals surface area contributed by atoms with E-state index in [4.69, 9.17) is 4.74 Å². The Morgan fingerprint density at radius 3 is 3.11 bits per heavy atom. The molecule has 3 heteroatoms. The third-order valence-corrected chi connectivity index (χ3v) is 4.03. The summed E-state index contributed by atoms with van der Waals surface area (Å²) < 4.78 is 5.64. The van der Waals surface area contributed by atoms with Gasteiger partial charge in [0, 0.05) is 36.3 Å². The lowest BCUT2D eigenvalue weighted by Gasteiger charge is -2.31. The maximum atomic E-state index is 5.64. The molecular formula is C16H20N2O. The fourth-order valence-corrected chi connectivity index (χ4v) is 3.08. The Kier molecular flexibility index (Phi) is 3.76. The lowest BCUT2D eigenvalue weighted by atomic mass is 9.87. The van der Waals surface area contributed by atoms with Crippen LogP contribution in [0.2, 0.25) is 0 Å². The van der Waals surface area contributed by atoms with Gasteiger partial charge in [-0.3, -0.25) is 4.98 Å². The maximum Gasteiger partial charge on any atom is 0.0512 e. The number of nitrogens with zero attached hydrogens (tertiary/aromatic N) is 1. The molecule has 2 unspecified atom stereocenters. The largest absolute Gasteiger partial charge is 0.381 e. The summed E-state index contributed by atoms with van der Waals surface area (Å²) in [7, 11) is 2.04. The predicted octanol–water partition coefficient (Wildman–Crippen LogP) is 2.92. The first kappa shape index (κ1) is 12.6. The molecule has 1 N–H and O–H groups in total. The molecule has 2 aromatic rings. The van der Waals surface area contributed by atoms with E-state index in [1.54, 1.807) is 0 Å². The van der Waals surface area contributed by atoms with Crippen molar-refractivity contribution in [2.24, 2.45) is 5.92 Å². The van der Waals surface area contributed by atoms with Crippen LogP contribution < -0.4 is 5.32 Å². The molecule has 1 aromatic carbocycles. The molecule has 1 aliphatic heterocycles. The second-order valence-electron chi connectivity index (χ2n) is 5.19. The van der Waals surface area contributed by atoms with Gasteiger partial charge in [-0.2, -0.15) is 0 Å². The zero-order valence-corrected chi connectivity index (χ0v) is 11.3. The minimum absolute atomic E-state index is 0.341. The van der Waals surface area contributed by atoms with Crippen LogP contribution in [0.3, 0.4) is 0 Å². The molecule has 1 saturated heterocycles. The van der Waals surface area contributed by atoms with Crippen LogP contribution in [0.5, 0.6) is 0 Å². The number of hydrogen-bond donors (Lipinski definition) is 1. The van der Waals surface area contributed by atoms with Crippen LogP contribution in [-0.4, -0.2) is 25.2 Å². The van der Waals surface area contributed by atoms with Crippen LogP contribution in [-0.2, 0) is 4.74 Å². The average molecular weight is 256 g/mol. The monoisotopic (exact) mass is 256 g/mol. The Balaban J connectivity index is 2.00. The molecule has 0 radical (unpaired) electrons. The molecule has 0 bridgehead atoms. The molecule has 1 aliphatic rings. The quantitative estimate of drug-likeness (QED) is 0.917. The zero-order valence-electron chi connectivity index (χ0n) is 11.3. The summed E-state index contributed by atoms with van der Waals surface area (Å²) in [6, 6.07) is 8.90. The fourth-order valence-electron chi connectivity index (χ4n) is 3.08. The van der Waals surface area contributed by atoms with E-state index in [2.05, 4.69) is 34.6 Å². The van der Waals surface area contributed by atoms with Gasteiger partial charge in [-0.25, -0.2) is 0 Å². The van der Waals surface area contributed by atoms with Crippen molar-refractivity contribution in [3.05, 3.63) is 42.2 Å². The van der Waals surface area contributed by atoms with Crippen LogP contribution in [0.25, 0.3) is 10.8 Å². The topological polar surface area (TPSA) is 34.2 Å². The first-order valence-corrected chi connectivity index (χ1v) is 6.98. The molecule has 1 aromatic heterocycles. The number of fused-ring (bicyclic) bond motifs is 1. The minimum Gasteiger partial charge on any atom is -0.381 e. The van der Waals surface area contributed by atoms with Crippen molar-refractivity contribution < 1.29 is 4.74 Å². The van der Waals surface area contributed by atoms with Gasteiger partial charge in [0.05, 0.1) is 6.61 Å². The highest BCUT2D eigenvalue weighted by Crippen LogP contribution is 2.32. The van der Waals surface area contributed by atoms with Gasteiger partial charge in [0.1, 0.15) is 0 Å². The number of benzene rings is 1. The molecule has 3 nitrogen and oxygen atoms in total. The van der Waals surface area contributed by atoms with Gasteiger partial charge in [0.15, 0.2) is 0 Å². The number of nitrogens with one attached hydrogen (secondary N) is 1. The predicted molar refractivity (Wildman–Crippen MR) is 77.1 cm³/mol. The van der Waals surface area contributed by atoms with Crippen molar-refractivity contribution in [3.8, 4) is 0 Å². The van der Waals surface area contributed by atoms with Crippen LogP contribution in [0.1, 0.15) is 24.4 Å². The fraction of sp³-hybridized carbons (Fsp3) is 0.438. The van der Waals surface area contributed by atoms with Crippen molar-refractivity contribution >= 4 is 10.8 Å². The molecular weight excluding hydrogens is 236 g/mol. The maximum absolute atomic E-state index is 5.64. The third-order valence-electron chi connectivity index (χ3n) is 4.03. The van der Waals surface area contributed by atoms with Crippen LogP contribution in [0.4, 0.5) is 0 Å². The summed E-state index contributed by atoms with van der Waals surface area (Å²) in [5.41, 5.74) is 1.34. The van der Waals surface area contributed by atoms with Crippen molar-refractivity contribution in [1.82, 2.24) is 10.3 Å². The first-order valence-electron chi connectivity index (χ1n) is 6.98. The van der Waals surface area contributed by atoms with Crippen molar-refractivity contribution in [2.45, 2.75) is 18.9 Å². The Labute approximate surface area is 114 Å². The van der Waals surface area contributed by atoms with E-state index < -0.39 is 0 Å². The smallest absolute Gasteiger partial charge is 0.0512 e. The van der Waals surface area contributed by atoms with E-state index in [0.717, 1.165) is 19.6 Å². The number of hydrogen-bond acceptors (Lipinski definition) is 3. The summed E-state index contributed by atoms with van der Waals surface area (Å²) in [6.07, 6.45) is 6.21. The second-order valence-corrected chi connectivity index (χ2v) is 5.19. The molecule has 0 spiro atoms. The third kappa shape index (κ3) is 2.48. The molecule has 19 heavy (non-hydrogen) atoms. The Hall–Kier alpha value is -1.45. The van der Waals surface area contributed by atoms with Gasteiger partial charge >= 0.3 is 0 Å². The average Bonchev–Trinajstić information content (AvgIpc) is 2.49. The summed E-state index contributed by atoms with van der Waals surface area (Å²) in [6.45, 7) is 1.76. The van der Waals surface area contributed by atoms with Crippen molar-refractivity contribution in [3.63, 3.8) is 0 Å². The Morgan fingerprint density at radius 2 is 2.32 bits per heavy atom. The molecule has 2 atom stereocenters. The molecule has 2 heterocycles. The van der Waals surface area contributed by atoms with Crippen LogP contribution >= 0.6 is 0 Å². The lowest BCUT2D eigenvalue weighted by molar-refractivity contribution is 0.0404. The van der Waals surface area contributed by atoms with Crippen molar-refractivity contribution in [1.29, 1.82) is 0 Å². The van der Waals surface area contributed by atoms with Gasteiger partial charge in [0.2, 0.25) is 0 Å². The van der Waals surface area contributed by atoms with E-state index in [-0.39, 0.29) is 0 Å². The highest BCUT2D eigenvalue weighted by atomic mass is 16.5. The molecule has 0 aliphatic carbocycles. The number of aromatic nitrogens is 1. The number of pyridine rings is 1. The second kappa shape index (κ2) is 5.68. The SMILES string of the molecule is CNC(c1cccc2ccncc12)C1CCCOC1. The van der Waals surface area contributed by atoms with E-state index >= 15 is 0 Å². The number of rotatable bonds is 3. The highest BCUT2D eigenvalue weighted by Gasteiger charge is 2.25. The highest BCUT2D eigenvalue weighted by molar-refractivity contribution is 5.85. The van der Waals surface area contributed by atoms with Gasteiger partial charge in [-0.05, 0) is 36.9 Å². The summed E-state index contributed by atoms with van der Waals surface area (Å²) in [5.74, 6) is 0.546. The Morgan fingerprint density at radius 1 is 1.37 bits per heavy atom. The van der Waals surface area contributed by atoms with Crippen LogP contribution in [0, 0.1) is 5.92 Å². The molecule has 0 saturated carbocycles. The van der Waals surface area contributed by atoms with Crippen LogP contribution in [0.15, 0.2) is 36.7 Å². The molecule has 0 amide bonds. The first-order chi connectivity index (χ1) is 9.40. The van der Waals surface area contributed by atoms with Gasteiger partial charge in [-0.15, -0.1) is 0 Å². The van der Waals surface area contributed by atoms with Crippen molar-refractivity contribution in [2.75, 3.05) is 20.3 Å². The number of ether oxygens (including phenoxy) is 1. The summed E-state index contributed by atoms with van der Waals surface area (Å²) in [5, 5.41) is 5.97. The van der Waals surface area contributed by atoms with E-state index in [1.807, 2.05) is 19.4 Å². The normalized spacial score (nSPS) is 21.4. The van der Waals surface area contributed by atoms with E-state index in [9.17, 15) is 0 Å². The standard InChI is InChI=1S/C16H20N2O/c1-17-16(13-5-3-9-19-11-13)14-6-2-4-12-7-8-18-10-15(12)14/h2,4,6-8,10,13,16-17H,3,5,9,11H2,1H3. The summed E-state index contributed by atoms with van der Waals surface area (Å²) >= 11 is 0. The Bertz CT molecular complexity index is 544. The lowest BCUT2D eigenvalue weighted by Crippen LogP contribution is -2.31. The zero-order chi connectivity index (χ0) is 13.1. The summed E-state index contributed by atoms with van der Waals surface area (Å²) in [4.78, 5) is 4.28. The van der Waals surface area contributed by atoms with E-state index in [1.165, 1.54) is 22.8 Å². The van der Waals surface area contributed by atoms with E-state index in [0.29, 0.717) is 12.0 Å². The van der Waals surface area contributed by atoms with Gasteiger partial charge in [0.25, 0.3) is 0 Å². The minimum atomic E-state index is 0.341. The molecule has 3 rings (SSSR count). The van der Waals surface area contributed by atoms with Gasteiger partial charge < -0.3 is 10.1 Å². The van der Waals surface area contributed by atoms with Gasteiger partial charge in [-0.1, -0.05) is 18.2 Å².